The molecule has 0 aromatic heterocycles. The van der Waals surface area contributed by atoms with Crippen LogP contribution in [0.25, 0.3) is 0 Å². The first-order chi connectivity index (χ1) is 7.13. The number of anilines is 1. The van der Waals surface area contributed by atoms with Gasteiger partial charge in [0.15, 0.2) is 0 Å². The second kappa shape index (κ2) is 5.03. The van der Waals surface area contributed by atoms with E-state index in [1.165, 1.54) is 12.3 Å². The minimum Gasteiger partial charge on any atom is -0.478 e. The minimum absolute atomic E-state index is 0.365. The first-order valence-corrected chi connectivity index (χ1v) is 4.37. The third-order valence-electron chi connectivity index (χ3n) is 1.56. The Hall–Kier alpha value is -1.99. The van der Waals surface area contributed by atoms with Crippen molar-refractivity contribution in [3.05, 3.63) is 41.1 Å². The van der Waals surface area contributed by atoms with Gasteiger partial charge in [0, 0.05) is 12.3 Å². The maximum atomic E-state index is 10.2. The van der Waals surface area contributed by atoms with Gasteiger partial charge in [0.05, 0.1) is 22.3 Å². The molecule has 0 bridgehead atoms. The van der Waals surface area contributed by atoms with E-state index in [1.807, 2.05) is 6.07 Å². The van der Waals surface area contributed by atoms with Crippen LogP contribution in [0.3, 0.4) is 0 Å². The summed E-state index contributed by atoms with van der Waals surface area (Å²) in [6, 6.07) is 6.63. The summed E-state index contributed by atoms with van der Waals surface area (Å²) >= 11 is 5.83. The summed E-state index contributed by atoms with van der Waals surface area (Å²) in [6.07, 6.45) is 2.21. The molecule has 0 aliphatic carbocycles. The van der Waals surface area contributed by atoms with E-state index in [2.05, 4.69) is 5.32 Å². The Bertz CT molecular complexity index is 449. The zero-order chi connectivity index (χ0) is 11.3. The SMILES string of the molecule is N#Cc1ccc(N/C=C/C(=O)O)c(Cl)c1. The Morgan fingerprint density at radius 3 is 2.87 bits per heavy atom. The Kier molecular flexibility index (Phi) is 3.72. The van der Waals surface area contributed by atoms with E-state index in [1.54, 1.807) is 12.1 Å². The van der Waals surface area contributed by atoms with E-state index in [9.17, 15) is 4.79 Å². The molecule has 76 valence electrons. The van der Waals surface area contributed by atoms with Crippen LogP contribution in [0.4, 0.5) is 5.69 Å². The van der Waals surface area contributed by atoms with Gasteiger partial charge in [-0.1, -0.05) is 11.6 Å². The van der Waals surface area contributed by atoms with Crippen molar-refractivity contribution in [1.82, 2.24) is 0 Å². The molecular weight excluding hydrogens is 216 g/mol. The van der Waals surface area contributed by atoms with Crippen LogP contribution in [0.15, 0.2) is 30.5 Å². The summed E-state index contributed by atoms with van der Waals surface area (Å²) in [5.74, 6) is -1.05. The van der Waals surface area contributed by atoms with Gasteiger partial charge in [-0.2, -0.15) is 5.26 Å². The summed E-state index contributed by atoms with van der Waals surface area (Å²) in [7, 11) is 0. The van der Waals surface area contributed by atoms with Gasteiger partial charge in [-0.05, 0) is 18.2 Å². The van der Waals surface area contributed by atoms with Crippen molar-refractivity contribution in [2.24, 2.45) is 0 Å². The highest BCUT2D eigenvalue weighted by molar-refractivity contribution is 6.33. The first kappa shape index (κ1) is 11.1. The lowest BCUT2D eigenvalue weighted by atomic mass is 10.2. The van der Waals surface area contributed by atoms with Crippen molar-refractivity contribution in [3.63, 3.8) is 0 Å². The number of rotatable bonds is 3. The van der Waals surface area contributed by atoms with Crippen LogP contribution in [0.2, 0.25) is 5.02 Å². The molecule has 0 saturated carbocycles. The number of benzene rings is 1. The number of nitriles is 1. The average Bonchev–Trinajstić information content (AvgIpc) is 2.20. The highest BCUT2D eigenvalue weighted by Gasteiger charge is 1.99. The van der Waals surface area contributed by atoms with Gasteiger partial charge in [-0.25, -0.2) is 4.79 Å². The maximum absolute atomic E-state index is 10.2. The van der Waals surface area contributed by atoms with Crippen LogP contribution in [0.1, 0.15) is 5.56 Å². The van der Waals surface area contributed by atoms with Crippen molar-refractivity contribution in [2.75, 3.05) is 5.32 Å². The average molecular weight is 223 g/mol. The van der Waals surface area contributed by atoms with Crippen LogP contribution in [0, 0.1) is 11.3 Å². The molecule has 15 heavy (non-hydrogen) atoms. The van der Waals surface area contributed by atoms with Crippen LogP contribution in [-0.4, -0.2) is 11.1 Å². The number of hydrogen-bond donors (Lipinski definition) is 2. The maximum Gasteiger partial charge on any atom is 0.329 e. The highest BCUT2D eigenvalue weighted by atomic mass is 35.5. The lowest BCUT2D eigenvalue weighted by Crippen LogP contribution is -1.93. The highest BCUT2D eigenvalue weighted by Crippen LogP contribution is 2.22. The molecule has 0 fully saturated rings. The van der Waals surface area contributed by atoms with Crippen LogP contribution < -0.4 is 5.32 Å². The predicted molar refractivity (Wildman–Crippen MR) is 56.6 cm³/mol. The molecule has 0 radical (unpaired) electrons. The largest absolute Gasteiger partial charge is 0.478 e. The van der Waals surface area contributed by atoms with Crippen LogP contribution in [0.5, 0.6) is 0 Å². The standard InChI is InChI=1S/C10H7ClN2O2/c11-8-5-7(6-12)1-2-9(8)13-4-3-10(14)15/h1-5,13H,(H,14,15)/b4-3+. The molecule has 0 heterocycles. The smallest absolute Gasteiger partial charge is 0.329 e. The van der Waals surface area contributed by atoms with Crippen LogP contribution in [-0.2, 0) is 4.79 Å². The van der Waals surface area contributed by atoms with E-state index in [0.29, 0.717) is 16.3 Å². The van der Waals surface area contributed by atoms with Gasteiger partial charge in [-0.15, -0.1) is 0 Å². The van der Waals surface area contributed by atoms with Gasteiger partial charge in [0.2, 0.25) is 0 Å². The third kappa shape index (κ3) is 3.33. The molecule has 2 N–H and O–H groups in total. The van der Waals surface area contributed by atoms with E-state index < -0.39 is 5.97 Å². The Labute approximate surface area is 91.4 Å². The summed E-state index contributed by atoms with van der Waals surface area (Å²) in [5, 5.41) is 20.0. The van der Waals surface area contributed by atoms with E-state index in [4.69, 9.17) is 22.0 Å². The van der Waals surface area contributed by atoms with Crippen molar-refractivity contribution in [1.29, 1.82) is 5.26 Å². The number of carboxylic acids is 1. The first-order valence-electron chi connectivity index (χ1n) is 3.99. The summed E-state index contributed by atoms with van der Waals surface area (Å²) in [4.78, 5) is 10.2. The molecule has 0 aliphatic rings. The fourth-order valence-electron chi connectivity index (χ4n) is 0.904. The Balaban J connectivity index is 2.80. The van der Waals surface area contributed by atoms with Crippen LogP contribution >= 0.6 is 11.6 Å². The van der Waals surface area contributed by atoms with Crippen molar-refractivity contribution in [3.8, 4) is 6.07 Å². The fourth-order valence-corrected chi connectivity index (χ4v) is 1.14. The molecular formula is C10H7ClN2O2. The Morgan fingerprint density at radius 1 is 1.60 bits per heavy atom. The minimum atomic E-state index is -1.05. The molecule has 1 aromatic carbocycles. The molecule has 1 rings (SSSR count). The molecule has 0 amide bonds. The number of aliphatic carboxylic acids is 1. The van der Waals surface area contributed by atoms with Gasteiger partial charge < -0.3 is 10.4 Å². The van der Waals surface area contributed by atoms with Crippen molar-refractivity contribution < 1.29 is 9.90 Å². The number of nitrogens with one attached hydrogen (secondary N) is 1. The normalized spacial score (nSPS) is 9.87. The topological polar surface area (TPSA) is 73.1 Å². The number of nitrogens with zero attached hydrogens (tertiary/aromatic N) is 1. The summed E-state index contributed by atoms with van der Waals surface area (Å²) in [5.41, 5.74) is 1.00. The van der Waals surface area contributed by atoms with Gasteiger partial charge >= 0.3 is 5.97 Å². The molecule has 1 aromatic rings. The summed E-state index contributed by atoms with van der Waals surface area (Å²) < 4.78 is 0. The number of carbonyl (C=O) groups is 1. The number of carboxylic acid groups (broad SMARTS) is 1. The summed E-state index contributed by atoms with van der Waals surface area (Å²) in [6.45, 7) is 0. The lowest BCUT2D eigenvalue weighted by molar-refractivity contribution is -0.131. The molecule has 4 nitrogen and oxygen atoms in total. The van der Waals surface area contributed by atoms with Crippen molar-refractivity contribution in [2.45, 2.75) is 0 Å². The van der Waals surface area contributed by atoms with Gasteiger partial charge in [0.1, 0.15) is 0 Å². The zero-order valence-electron chi connectivity index (χ0n) is 7.57. The predicted octanol–water partition coefficient (Wildman–Crippen LogP) is 2.22. The van der Waals surface area contributed by atoms with E-state index >= 15 is 0 Å². The second-order valence-electron chi connectivity index (χ2n) is 2.62. The van der Waals surface area contributed by atoms with Crippen molar-refractivity contribution >= 4 is 23.3 Å². The second-order valence-corrected chi connectivity index (χ2v) is 3.03. The number of hydrogen-bond acceptors (Lipinski definition) is 3. The van der Waals surface area contributed by atoms with E-state index in [0.717, 1.165) is 6.08 Å². The molecule has 5 heteroatoms. The lowest BCUT2D eigenvalue weighted by Gasteiger charge is -2.02. The molecule has 0 aliphatic heterocycles. The third-order valence-corrected chi connectivity index (χ3v) is 1.88. The molecule has 0 unspecified atom stereocenters. The van der Waals surface area contributed by atoms with E-state index in [-0.39, 0.29) is 0 Å². The van der Waals surface area contributed by atoms with Gasteiger partial charge in [0.25, 0.3) is 0 Å². The monoisotopic (exact) mass is 222 g/mol. The van der Waals surface area contributed by atoms with Gasteiger partial charge in [-0.3, -0.25) is 0 Å². The Morgan fingerprint density at radius 2 is 2.33 bits per heavy atom. The quantitative estimate of drug-likeness (QED) is 0.770. The molecule has 0 atom stereocenters. The zero-order valence-corrected chi connectivity index (χ0v) is 8.32. The molecule has 0 spiro atoms. The number of halogens is 1. The fraction of sp³-hybridized carbons (Fsp3) is 0. The molecule has 0 saturated heterocycles.